The summed E-state index contributed by atoms with van der Waals surface area (Å²) >= 11 is 0. The van der Waals surface area contributed by atoms with E-state index in [0.29, 0.717) is 5.75 Å². The molecule has 138 valence electrons. The first-order valence-electron chi connectivity index (χ1n) is 7.61. The zero-order chi connectivity index (χ0) is 19.0. The molecule has 0 aliphatic heterocycles. The van der Waals surface area contributed by atoms with Gasteiger partial charge in [-0.2, -0.15) is 0 Å². The lowest BCUT2D eigenvalue weighted by atomic mass is 10.1. The fourth-order valence-corrected chi connectivity index (χ4v) is 1.89. The lowest BCUT2D eigenvalue weighted by molar-refractivity contribution is -0.143. The van der Waals surface area contributed by atoms with Crippen LogP contribution in [0.25, 0.3) is 0 Å². The number of hydrogen-bond acceptors (Lipinski definition) is 6. The highest BCUT2D eigenvalue weighted by atomic mass is 16.6. The first kappa shape index (κ1) is 20.3. The van der Waals surface area contributed by atoms with E-state index in [2.05, 4.69) is 5.32 Å². The van der Waals surface area contributed by atoms with Crippen molar-refractivity contribution in [3.8, 4) is 5.75 Å². The number of benzene rings is 1. The lowest BCUT2D eigenvalue weighted by Gasteiger charge is -2.22. The first-order chi connectivity index (χ1) is 11.6. The molecule has 1 rings (SSSR count). The van der Waals surface area contributed by atoms with Gasteiger partial charge in [0, 0.05) is 6.42 Å². The van der Waals surface area contributed by atoms with Crippen LogP contribution in [0.4, 0.5) is 4.79 Å². The van der Waals surface area contributed by atoms with Gasteiger partial charge in [0.1, 0.15) is 17.4 Å². The number of nitrogens with one attached hydrogen (secondary N) is 1. The molecule has 8 heteroatoms. The molecule has 0 radical (unpaired) electrons. The number of carboxylic acid groups (broad SMARTS) is 1. The molecule has 0 bridgehead atoms. The minimum absolute atomic E-state index is 0.186. The van der Waals surface area contributed by atoms with Crippen LogP contribution in [-0.2, 0) is 25.5 Å². The molecule has 0 heterocycles. The Bertz CT molecular complexity index is 604. The van der Waals surface area contributed by atoms with E-state index in [1.165, 1.54) is 7.11 Å². The topological polar surface area (TPSA) is 111 Å². The van der Waals surface area contributed by atoms with Crippen molar-refractivity contribution in [3.05, 3.63) is 29.8 Å². The van der Waals surface area contributed by atoms with Gasteiger partial charge in [0.05, 0.1) is 7.11 Å². The zero-order valence-corrected chi connectivity index (χ0v) is 14.7. The van der Waals surface area contributed by atoms with Gasteiger partial charge in [0.25, 0.3) is 0 Å². The average Bonchev–Trinajstić information content (AvgIpc) is 2.51. The molecule has 1 amide bonds. The standard InChI is InChI=1S/C17H23NO7/c1-17(2,3)25-16(22)18-13(15(21)23-4)9-11-5-7-12(8-6-11)24-10-14(19)20/h5-8,13H,9-10H2,1-4H3,(H,18,22)(H,19,20)/t13-/m0/s1. The number of aliphatic carboxylic acids is 1. The van der Waals surface area contributed by atoms with Gasteiger partial charge in [0.15, 0.2) is 6.61 Å². The van der Waals surface area contributed by atoms with Crippen molar-refractivity contribution >= 4 is 18.0 Å². The van der Waals surface area contributed by atoms with Gasteiger partial charge in [-0.1, -0.05) is 12.1 Å². The minimum atomic E-state index is -1.07. The molecule has 0 unspecified atom stereocenters. The van der Waals surface area contributed by atoms with E-state index in [1.807, 2.05) is 0 Å². The van der Waals surface area contributed by atoms with Gasteiger partial charge < -0.3 is 24.6 Å². The number of amides is 1. The highest BCUT2D eigenvalue weighted by Gasteiger charge is 2.25. The fourth-order valence-electron chi connectivity index (χ4n) is 1.89. The fraction of sp³-hybridized carbons (Fsp3) is 0.471. The Labute approximate surface area is 146 Å². The van der Waals surface area contributed by atoms with Crippen molar-refractivity contribution in [2.75, 3.05) is 13.7 Å². The maximum absolute atomic E-state index is 11.9. The predicted octanol–water partition coefficient (Wildman–Crippen LogP) is 1.76. The number of methoxy groups -OCH3 is 1. The normalized spacial score (nSPS) is 12.0. The number of alkyl carbamates (subject to hydrolysis) is 1. The minimum Gasteiger partial charge on any atom is -0.482 e. The van der Waals surface area contributed by atoms with Crippen LogP contribution in [0.3, 0.4) is 0 Å². The van der Waals surface area contributed by atoms with E-state index < -0.39 is 36.3 Å². The third-order valence-corrected chi connectivity index (χ3v) is 2.90. The van der Waals surface area contributed by atoms with Crippen LogP contribution in [-0.4, -0.2) is 48.5 Å². The molecule has 0 aliphatic rings. The summed E-state index contributed by atoms with van der Waals surface area (Å²) in [6.45, 7) is 4.71. The van der Waals surface area contributed by atoms with Crippen LogP contribution >= 0.6 is 0 Å². The number of carboxylic acids is 1. The largest absolute Gasteiger partial charge is 0.482 e. The quantitative estimate of drug-likeness (QED) is 0.718. The van der Waals surface area contributed by atoms with E-state index in [9.17, 15) is 14.4 Å². The molecule has 0 fully saturated rings. The zero-order valence-electron chi connectivity index (χ0n) is 14.7. The SMILES string of the molecule is COC(=O)[C@H](Cc1ccc(OCC(=O)O)cc1)NC(=O)OC(C)(C)C. The van der Waals surface area contributed by atoms with Crippen molar-refractivity contribution in [2.45, 2.75) is 38.8 Å². The molecule has 1 aromatic carbocycles. The van der Waals surface area contributed by atoms with E-state index in [0.717, 1.165) is 5.56 Å². The molecule has 25 heavy (non-hydrogen) atoms. The highest BCUT2D eigenvalue weighted by Crippen LogP contribution is 2.14. The second-order valence-corrected chi connectivity index (χ2v) is 6.25. The molecule has 8 nitrogen and oxygen atoms in total. The Morgan fingerprint density at radius 2 is 1.76 bits per heavy atom. The van der Waals surface area contributed by atoms with Gasteiger partial charge in [-0.25, -0.2) is 14.4 Å². The summed E-state index contributed by atoms with van der Waals surface area (Å²) in [7, 11) is 1.23. The molecule has 0 aliphatic carbocycles. The van der Waals surface area contributed by atoms with E-state index >= 15 is 0 Å². The molecule has 0 saturated carbocycles. The Hall–Kier alpha value is -2.77. The van der Waals surface area contributed by atoms with Crippen molar-refractivity contribution in [1.29, 1.82) is 0 Å². The van der Waals surface area contributed by atoms with Crippen molar-refractivity contribution in [1.82, 2.24) is 5.32 Å². The number of esters is 1. The van der Waals surface area contributed by atoms with Crippen molar-refractivity contribution in [3.63, 3.8) is 0 Å². The summed E-state index contributed by atoms with van der Waals surface area (Å²) in [5, 5.41) is 11.1. The summed E-state index contributed by atoms with van der Waals surface area (Å²) in [6, 6.07) is 5.60. The first-order valence-corrected chi connectivity index (χ1v) is 7.61. The Morgan fingerprint density at radius 1 is 1.16 bits per heavy atom. The van der Waals surface area contributed by atoms with Crippen molar-refractivity contribution < 1.29 is 33.7 Å². The van der Waals surface area contributed by atoms with E-state index in [1.54, 1.807) is 45.0 Å². The summed E-state index contributed by atoms with van der Waals surface area (Å²) in [6.07, 6.45) is -0.533. The number of hydrogen-bond donors (Lipinski definition) is 2. The second-order valence-electron chi connectivity index (χ2n) is 6.25. The predicted molar refractivity (Wildman–Crippen MR) is 88.5 cm³/mol. The summed E-state index contributed by atoms with van der Waals surface area (Å²) in [5.41, 5.74) is 0.0441. The third-order valence-electron chi connectivity index (χ3n) is 2.90. The van der Waals surface area contributed by atoms with Crippen molar-refractivity contribution in [2.24, 2.45) is 0 Å². The molecule has 2 N–H and O–H groups in total. The van der Waals surface area contributed by atoms with Gasteiger partial charge in [0.2, 0.25) is 0 Å². The van der Waals surface area contributed by atoms with Gasteiger partial charge in [-0.15, -0.1) is 0 Å². The maximum Gasteiger partial charge on any atom is 0.408 e. The summed E-state index contributed by atoms with van der Waals surface area (Å²) in [5.74, 6) is -1.28. The Kier molecular flexibility index (Phi) is 7.22. The highest BCUT2D eigenvalue weighted by molar-refractivity contribution is 5.81. The molecule has 0 aromatic heterocycles. The average molecular weight is 353 g/mol. The number of ether oxygens (including phenoxy) is 3. The van der Waals surface area contributed by atoms with Gasteiger partial charge >= 0.3 is 18.0 Å². The molecule has 1 aromatic rings. The smallest absolute Gasteiger partial charge is 0.408 e. The number of carbonyl (C=O) groups excluding carboxylic acids is 2. The van der Waals surface area contributed by atoms with Crippen LogP contribution in [0.2, 0.25) is 0 Å². The van der Waals surface area contributed by atoms with Crippen LogP contribution in [0.1, 0.15) is 26.3 Å². The van der Waals surface area contributed by atoms with E-state index in [4.69, 9.17) is 19.3 Å². The Balaban J connectivity index is 2.73. The maximum atomic E-state index is 11.9. The monoisotopic (exact) mass is 353 g/mol. The van der Waals surface area contributed by atoms with Gasteiger partial charge in [-0.05, 0) is 38.5 Å². The molecular weight excluding hydrogens is 330 g/mol. The molecule has 0 spiro atoms. The molecule has 0 saturated heterocycles. The summed E-state index contributed by atoms with van der Waals surface area (Å²) in [4.78, 5) is 34.2. The van der Waals surface area contributed by atoms with Gasteiger partial charge in [-0.3, -0.25) is 0 Å². The van der Waals surface area contributed by atoms with Crippen LogP contribution in [0.15, 0.2) is 24.3 Å². The number of carbonyl (C=O) groups is 3. The lowest BCUT2D eigenvalue weighted by Crippen LogP contribution is -2.45. The molecule has 1 atom stereocenters. The number of rotatable bonds is 7. The Morgan fingerprint density at radius 3 is 2.24 bits per heavy atom. The summed E-state index contributed by atoms with van der Waals surface area (Å²) < 4.78 is 14.9. The molecular formula is C17H23NO7. The second kappa shape index (κ2) is 8.91. The van der Waals surface area contributed by atoms with Crippen LogP contribution in [0.5, 0.6) is 5.75 Å². The third kappa shape index (κ3) is 8.05. The van der Waals surface area contributed by atoms with Crippen LogP contribution < -0.4 is 10.1 Å². The van der Waals surface area contributed by atoms with Crippen LogP contribution in [0, 0.1) is 0 Å². The van der Waals surface area contributed by atoms with E-state index in [-0.39, 0.29) is 6.42 Å².